The molecule has 0 unspecified atom stereocenters. The number of alkyl halides is 2. The zero-order valence-electron chi connectivity index (χ0n) is 12.0. The number of rotatable bonds is 2. The van der Waals surface area contributed by atoms with Crippen LogP contribution in [-0.2, 0) is 10.5 Å². The van der Waals surface area contributed by atoms with E-state index in [0.29, 0.717) is 5.39 Å². The van der Waals surface area contributed by atoms with Crippen LogP contribution in [0.15, 0.2) is 30.5 Å². The minimum absolute atomic E-state index is 0.220. The smallest absolute Gasteiger partial charge is 0.231 e. The number of aromatic hydroxyl groups is 1. The van der Waals surface area contributed by atoms with Gasteiger partial charge in [0, 0.05) is 11.6 Å². The maximum Gasteiger partial charge on any atom is 0.231 e. The van der Waals surface area contributed by atoms with Gasteiger partial charge in [0.1, 0.15) is 5.75 Å². The lowest BCUT2D eigenvalue weighted by Gasteiger charge is -2.55. The van der Waals surface area contributed by atoms with Crippen LogP contribution >= 0.6 is 27.5 Å². The fourth-order valence-corrected chi connectivity index (χ4v) is 3.68. The molecule has 0 amide bonds. The quantitative estimate of drug-likeness (QED) is 0.365. The summed E-state index contributed by atoms with van der Waals surface area (Å²) in [5.74, 6) is -0.246. The molecule has 0 spiro atoms. The Morgan fingerprint density at radius 3 is 2.50 bits per heavy atom. The topological polar surface area (TPSA) is 136 Å². The number of hydrogen-bond donors (Lipinski definition) is 6. The van der Waals surface area contributed by atoms with Crippen molar-refractivity contribution < 1.29 is 35.4 Å². The van der Waals surface area contributed by atoms with E-state index in [2.05, 4.69) is 15.9 Å². The Morgan fingerprint density at radius 2 is 1.88 bits per heavy atom. The van der Waals surface area contributed by atoms with Crippen LogP contribution in [0.4, 0.5) is 0 Å². The van der Waals surface area contributed by atoms with Crippen LogP contribution in [-0.4, -0.2) is 63.8 Å². The monoisotopic (exact) mass is 423 g/mol. The molecule has 5 atom stereocenters. The molecule has 8 nitrogen and oxygen atoms in total. The van der Waals surface area contributed by atoms with Crippen molar-refractivity contribution in [1.29, 1.82) is 0 Å². The zero-order chi connectivity index (χ0) is 17.9. The standard InChI is InChI=1S/C14H15BrClNO7/c15-12(6-18)14(16,23)13(22,10(20)11(21)24-12)17-5-9(19)7-3-1-2-4-8(7)17/h1-5,10-11,18-23H,6H2/t10-,11-,12+,13+,14-/m0/s1. The van der Waals surface area contributed by atoms with E-state index in [9.17, 15) is 30.6 Å². The summed E-state index contributed by atoms with van der Waals surface area (Å²) in [5, 5.41) is 59.1. The molecule has 0 radical (unpaired) electrons. The van der Waals surface area contributed by atoms with Crippen LogP contribution in [0.3, 0.4) is 0 Å². The van der Waals surface area contributed by atoms with Crippen molar-refractivity contribution in [3.05, 3.63) is 30.5 Å². The van der Waals surface area contributed by atoms with Gasteiger partial charge in [-0.2, -0.15) is 0 Å². The number of hydrogen-bond acceptors (Lipinski definition) is 7. The average molecular weight is 425 g/mol. The number of halogens is 2. The molecular formula is C14H15BrClNO7. The molecule has 0 aliphatic carbocycles. The Labute approximate surface area is 149 Å². The summed E-state index contributed by atoms with van der Waals surface area (Å²) >= 11 is 8.96. The lowest BCUT2D eigenvalue weighted by molar-refractivity contribution is -0.368. The molecule has 1 aromatic carbocycles. The molecule has 3 rings (SSSR count). The number of nitrogens with zero attached hydrogens (tertiary/aromatic N) is 1. The molecule has 1 aliphatic heterocycles. The first-order valence-corrected chi connectivity index (χ1v) is 8.04. The van der Waals surface area contributed by atoms with E-state index in [-0.39, 0.29) is 11.3 Å². The summed E-state index contributed by atoms with van der Waals surface area (Å²) in [6, 6.07) is 6.29. The van der Waals surface area contributed by atoms with Gasteiger partial charge in [-0.15, -0.1) is 0 Å². The maximum absolute atomic E-state index is 11.1. The fraction of sp³-hybridized carbons (Fsp3) is 0.429. The Balaban J connectivity index is 2.32. The highest BCUT2D eigenvalue weighted by molar-refractivity contribution is 9.10. The van der Waals surface area contributed by atoms with Crippen molar-refractivity contribution in [2.45, 2.75) is 27.7 Å². The minimum Gasteiger partial charge on any atom is -0.506 e. The number of ether oxygens (including phenoxy) is 1. The number of aliphatic hydroxyl groups excluding tert-OH is 3. The second kappa shape index (κ2) is 5.55. The van der Waals surface area contributed by atoms with Gasteiger partial charge in [0.2, 0.25) is 10.8 Å². The molecule has 132 valence electrons. The predicted octanol–water partition coefficient (Wildman–Crippen LogP) is -0.288. The van der Waals surface area contributed by atoms with Crippen LogP contribution in [0.5, 0.6) is 5.75 Å². The van der Waals surface area contributed by atoms with Crippen LogP contribution in [0.2, 0.25) is 0 Å². The number of para-hydroxylation sites is 1. The van der Waals surface area contributed by atoms with Gasteiger partial charge in [-0.1, -0.05) is 23.7 Å². The lowest BCUT2D eigenvalue weighted by atomic mass is 9.90. The van der Waals surface area contributed by atoms with Gasteiger partial charge in [-0.3, -0.25) is 0 Å². The van der Waals surface area contributed by atoms with E-state index in [4.69, 9.17) is 16.3 Å². The number of fused-ring (bicyclic) bond motifs is 1. The largest absolute Gasteiger partial charge is 0.506 e. The second-order valence-electron chi connectivity index (χ2n) is 5.59. The first kappa shape index (κ1) is 17.9. The summed E-state index contributed by atoms with van der Waals surface area (Å²) in [5.41, 5.74) is -2.54. The molecule has 1 fully saturated rings. The van der Waals surface area contributed by atoms with E-state index in [1.165, 1.54) is 6.07 Å². The van der Waals surface area contributed by atoms with Crippen molar-refractivity contribution >= 4 is 38.4 Å². The summed E-state index contributed by atoms with van der Waals surface area (Å²) < 4.78 is 3.67. The molecule has 10 heteroatoms. The third kappa shape index (κ3) is 2.07. The van der Waals surface area contributed by atoms with Gasteiger partial charge in [0.05, 0.1) is 12.1 Å². The van der Waals surface area contributed by atoms with E-state index < -0.39 is 34.3 Å². The van der Waals surface area contributed by atoms with Gasteiger partial charge >= 0.3 is 0 Å². The minimum atomic E-state index is -2.83. The number of aromatic nitrogens is 1. The van der Waals surface area contributed by atoms with Gasteiger partial charge in [-0.25, -0.2) is 0 Å². The van der Waals surface area contributed by atoms with E-state index in [0.717, 1.165) is 10.8 Å². The predicted molar refractivity (Wildman–Crippen MR) is 86.4 cm³/mol. The maximum atomic E-state index is 11.1. The Morgan fingerprint density at radius 1 is 1.25 bits per heavy atom. The number of aliphatic hydroxyl groups is 5. The van der Waals surface area contributed by atoms with E-state index in [1.54, 1.807) is 18.2 Å². The zero-order valence-corrected chi connectivity index (χ0v) is 14.4. The van der Waals surface area contributed by atoms with Crippen molar-refractivity contribution in [2.24, 2.45) is 0 Å². The molecule has 0 saturated carbocycles. The Kier molecular flexibility index (Phi) is 4.14. The molecular weight excluding hydrogens is 410 g/mol. The Bertz CT molecular complexity index is 784. The molecule has 24 heavy (non-hydrogen) atoms. The van der Waals surface area contributed by atoms with Crippen molar-refractivity contribution in [2.75, 3.05) is 6.61 Å². The van der Waals surface area contributed by atoms with Crippen LogP contribution in [0, 0.1) is 0 Å². The highest BCUT2D eigenvalue weighted by Gasteiger charge is 2.72. The lowest BCUT2D eigenvalue weighted by Crippen LogP contribution is -2.76. The van der Waals surface area contributed by atoms with Crippen molar-refractivity contribution in [3.63, 3.8) is 0 Å². The summed E-state index contributed by atoms with van der Waals surface area (Å²) in [7, 11) is 0. The summed E-state index contributed by atoms with van der Waals surface area (Å²) in [4.78, 5) is 0. The van der Waals surface area contributed by atoms with E-state index in [1.807, 2.05) is 0 Å². The first-order valence-electron chi connectivity index (χ1n) is 6.87. The SMILES string of the molecule is OC[C@@]1(Br)O[C@H](O)[C@H](O)[C@](O)(n2cc(O)c3ccccc32)[C@]1(O)Cl. The van der Waals surface area contributed by atoms with Gasteiger partial charge < -0.3 is 39.9 Å². The first-order chi connectivity index (χ1) is 11.1. The second-order valence-corrected chi connectivity index (χ2v) is 7.42. The van der Waals surface area contributed by atoms with Crippen LogP contribution < -0.4 is 0 Å². The Hall–Kier alpha value is -0.910. The summed E-state index contributed by atoms with van der Waals surface area (Å²) in [6.07, 6.45) is -3.05. The molecule has 1 aromatic heterocycles. The normalized spacial score (nSPS) is 40.1. The van der Waals surface area contributed by atoms with Crippen LogP contribution in [0.25, 0.3) is 10.9 Å². The average Bonchev–Trinajstić information content (AvgIpc) is 2.89. The third-order valence-corrected chi connectivity index (χ3v) is 6.06. The highest BCUT2D eigenvalue weighted by Crippen LogP contribution is 2.53. The van der Waals surface area contributed by atoms with Crippen LogP contribution in [0.1, 0.15) is 0 Å². The van der Waals surface area contributed by atoms with E-state index >= 15 is 0 Å². The molecule has 0 bridgehead atoms. The fourth-order valence-electron chi connectivity index (χ4n) is 2.89. The highest BCUT2D eigenvalue weighted by atomic mass is 79.9. The molecule has 6 N–H and O–H groups in total. The third-order valence-electron chi connectivity index (χ3n) is 4.23. The summed E-state index contributed by atoms with van der Waals surface area (Å²) in [6.45, 7) is -0.940. The van der Waals surface area contributed by atoms with Gasteiger partial charge in [0.25, 0.3) is 0 Å². The molecule has 2 aromatic rings. The molecule has 1 saturated heterocycles. The van der Waals surface area contributed by atoms with Crippen molar-refractivity contribution in [3.8, 4) is 5.75 Å². The molecule has 1 aliphatic rings. The van der Waals surface area contributed by atoms with Gasteiger partial charge in [-0.05, 0) is 28.1 Å². The van der Waals surface area contributed by atoms with Crippen molar-refractivity contribution in [1.82, 2.24) is 4.57 Å². The van der Waals surface area contributed by atoms with Gasteiger partial charge in [0.15, 0.2) is 16.9 Å². The number of benzene rings is 1. The molecule has 2 heterocycles.